The third kappa shape index (κ3) is 3.85. The van der Waals surface area contributed by atoms with Gasteiger partial charge in [0.2, 0.25) is 0 Å². The summed E-state index contributed by atoms with van der Waals surface area (Å²) in [5.74, 6) is -0.172. The molecule has 0 aliphatic heterocycles. The zero-order valence-electron chi connectivity index (χ0n) is 8.46. The Labute approximate surface area is 84.3 Å². The van der Waals surface area contributed by atoms with Crippen LogP contribution in [0.1, 0.15) is 12.5 Å². The standard InChI is InChI=1S/C11H17FN2/c1-9(8-13)14-6-5-10-3-2-4-11(12)7-10/h2-4,7,9,14H,5-6,8,13H2,1H3. The van der Waals surface area contributed by atoms with Gasteiger partial charge in [0.1, 0.15) is 5.82 Å². The molecular weight excluding hydrogens is 179 g/mol. The van der Waals surface area contributed by atoms with E-state index in [-0.39, 0.29) is 5.82 Å². The molecule has 78 valence electrons. The number of rotatable bonds is 5. The molecule has 0 saturated heterocycles. The average molecular weight is 196 g/mol. The Balaban J connectivity index is 2.31. The highest BCUT2D eigenvalue weighted by atomic mass is 19.1. The van der Waals surface area contributed by atoms with Crippen molar-refractivity contribution in [1.82, 2.24) is 5.32 Å². The van der Waals surface area contributed by atoms with Gasteiger partial charge in [-0.2, -0.15) is 0 Å². The third-order valence-electron chi connectivity index (χ3n) is 2.15. The molecule has 0 radical (unpaired) electrons. The van der Waals surface area contributed by atoms with Crippen molar-refractivity contribution in [2.24, 2.45) is 5.73 Å². The van der Waals surface area contributed by atoms with E-state index in [1.54, 1.807) is 12.1 Å². The lowest BCUT2D eigenvalue weighted by Gasteiger charge is -2.10. The summed E-state index contributed by atoms with van der Waals surface area (Å²) in [6.45, 7) is 3.50. The van der Waals surface area contributed by atoms with Gasteiger partial charge < -0.3 is 11.1 Å². The van der Waals surface area contributed by atoms with E-state index in [4.69, 9.17) is 5.73 Å². The summed E-state index contributed by atoms with van der Waals surface area (Å²) < 4.78 is 12.8. The van der Waals surface area contributed by atoms with Crippen LogP contribution in [0.25, 0.3) is 0 Å². The summed E-state index contributed by atoms with van der Waals surface area (Å²) in [6.07, 6.45) is 0.835. The van der Waals surface area contributed by atoms with Crippen LogP contribution >= 0.6 is 0 Å². The average Bonchev–Trinajstić information content (AvgIpc) is 2.17. The van der Waals surface area contributed by atoms with E-state index in [2.05, 4.69) is 5.32 Å². The fraction of sp³-hybridized carbons (Fsp3) is 0.455. The second kappa shape index (κ2) is 5.73. The van der Waals surface area contributed by atoms with Crippen LogP contribution in [-0.4, -0.2) is 19.1 Å². The van der Waals surface area contributed by atoms with Crippen molar-refractivity contribution in [2.45, 2.75) is 19.4 Å². The molecule has 0 heterocycles. The minimum absolute atomic E-state index is 0.172. The normalized spacial score (nSPS) is 12.8. The smallest absolute Gasteiger partial charge is 0.123 e. The minimum Gasteiger partial charge on any atom is -0.329 e. The van der Waals surface area contributed by atoms with Crippen molar-refractivity contribution >= 4 is 0 Å². The lowest BCUT2D eigenvalue weighted by Crippen LogP contribution is -2.34. The molecule has 0 bridgehead atoms. The van der Waals surface area contributed by atoms with Crippen LogP contribution in [0.2, 0.25) is 0 Å². The van der Waals surface area contributed by atoms with Gasteiger partial charge in [-0.1, -0.05) is 12.1 Å². The van der Waals surface area contributed by atoms with E-state index >= 15 is 0 Å². The molecule has 0 aromatic heterocycles. The first-order chi connectivity index (χ1) is 6.72. The van der Waals surface area contributed by atoms with Gasteiger partial charge in [-0.25, -0.2) is 4.39 Å². The summed E-state index contributed by atoms with van der Waals surface area (Å²) in [6, 6.07) is 7.01. The Morgan fingerprint density at radius 1 is 1.50 bits per heavy atom. The second-order valence-corrected chi connectivity index (χ2v) is 3.47. The SMILES string of the molecule is CC(CN)NCCc1cccc(F)c1. The van der Waals surface area contributed by atoms with Crippen molar-refractivity contribution in [3.63, 3.8) is 0 Å². The number of hydrogen-bond donors (Lipinski definition) is 2. The van der Waals surface area contributed by atoms with Gasteiger partial charge in [0, 0.05) is 12.6 Å². The molecule has 0 saturated carbocycles. The Morgan fingerprint density at radius 2 is 2.29 bits per heavy atom. The Bertz CT molecular complexity index is 276. The molecule has 1 aromatic carbocycles. The fourth-order valence-electron chi connectivity index (χ4n) is 1.24. The van der Waals surface area contributed by atoms with Crippen molar-refractivity contribution in [3.8, 4) is 0 Å². The van der Waals surface area contributed by atoms with E-state index in [0.717, 1.165) is 18.5 Å². The number of benzene rings is 1. The first-order valence-corrected chi connectivity index (χ1v) is 4.90. The lowest BCUT2D eigenvalue weighted by atomic mass is 10.1. The minimum atomic E-state index is -0.172. The third-order valence-corrected chi connectivity index (χ3v) is 2.15. The van der Waals surface area contributed by atoms with Gasteiger partial charge in [0.05, 0.1) is 0 Å². The van der Waals surface area contributed by atoms with Crippen molar-refractivity contribution in [2.75, 3.05) is 13.1 Å². The first-order valence-electron chi connectivity index (χ1n) is 4.90. The molecule has 0 amide bonds. The summed E-state index contributed by atoms with van der Waals surface area (Å²) in [5.41, 5.74) is 6.47. The molecule has 1 atom stereocenters. The fourth-order valence-corrected chi connectivity index (χ4v) is 1.24. The van der Waals surface area contributed by atoms with Gasteiger partial charge in [0.25, 0.3) is 0 Å². The van der Waals surface area contributed by atoms with Gasteiger partial charge in [-0.15, -0.1) is 0 Å². The predicted octanol–water partition coefficient (Wildman–Crippen LogP) is 1.31. The summed E-state index contributed by atoms with van der Waals surface area (Å²) >= 11 is 0. The van der Waals surface area contributed by atoms with Crippen LogP contribution in [0, 0.1) is 5.82 Å². The van der Waals surface area contributed by atoms with E-state index in [1.807, 2.05) is 13.0 Å². The molecule has 3 N–H and O–H groups in total. The number of nitrogens with one attached hydrogen (secondary N) is 1. The molecule has 3 heteroatoms. The molecule has 2 nitrogen and oxygen atoms in total. The maximum Gasteiger partial charge on any atom is 0.123 e. The van der Waals surface area contributed by atoms with Crippen molar-refractivity contribution in [3.05, 3.63) is 35.6 Å². The first kappa shape index (κ1) is 11.1. The molecule has 1 aromatic rings. The van der Waals surface area contributed by atoms with E-state index < -0.39 is 0 Å². The molecule has 14 heavy (non-hydrogen) atoms. The van der Waals surface area contributed by atoms with Crippen LogP contribution < -0.4 is 11.1 Å². The monoisotopic (exact) mass is 196 g/mol. The summed E-state index contributed by atoms with van der Waals surface area (Å²) in [4.78, 5) is 0. The molecule has 1 rings (SSSR count). The van der Waals surface area contributed by atoms with Gasteiger partial charge in [-0.05, 0) is 37.6 Å². The second-order valence-electron chi connectivity index (χ2n) is 3.47. The van der Waals surface area contributed by atoms with Crippen LogP contribution in [0.3, 0.4) is 0 Å². The van der Waals surface area contributed by atoms with Crippen LogP contribution in [0.4, 0.5) is 4.39 Å². The molecular formula is C11H17FN2. The largest absolute Gasteiger partial charge is 0.329 e. The summed E-state index contributed by atoms with van der Waals surface area (Å²) in [5, 5.41) is 3.25. The quantitative estimate of drug-likeness (QED) is 0.745. The highest BCUT2D eigenvalue weighted by molar-refractivity contribution is 5.16. The summed E-state index contributed by atoms with van der Waals surface area (Å²) in [7, 11) is 0. The highest BCUT2D eigenvalue weighted by Gasteiger charge is 1.98. The zero-order chi connectivity index (χ0) is 10.4. The topological polar surface area (TPSA) is 38.0 Å². The molecule has 0 spiro atoms. The maximum absolute atomic E-state index is 12.8. The lowest BCUT2D eigenvalue weighted by molar-refractivity contribution is 0.557. The maximum atomic E-state index is 12.8. The van der Waals surface area contributed by atoms with Crippen molar-refractivity contribution in [1.29, 1.82) is 0 Å². The molecule has 1 unspecified atom stereocenters. The Kier molecular flexibility index (Phi) is 4.56. The molecule has 0 fully saturated rings. The van der Waals surface area contributed by atoms with E-state index in [9.17, 15) is 4.39 Å². The van der Waals surface area contributed by atoms with Crippen LogP contribution in [0.5, 0.6) is 0 Å². The van der Waals surface area contributed by atoms with Gasteiger partial charge >= 0.3 is 0 Å². The highest BCUT2D eigenvalue weighted by Crippen LogP contribution is 2.03. The Morgan fingerprint density at radius 3 is 2.93 bits per heavy atom. The zero-order valence-corrected chi connectivity index (χ0v) is 8.46. The van der Waals surface area contributed by atoms with Crippen LogP contribution in [0.15, 0.2) is 24.3 Å². The van der Waals surface area contributed by atoms with Gasteiger partial charge in [-0.3, -0.25) is 0 Å². The molecule has 0 aliphatic carbocycles. The number of halogens is 1. The van der Waals surface area contributed by atoms with Gasteiger partial charge in [0.15, 0.2) is 0 Å². The number of hydrogen-bond acceptors (Lipinski definition) is 2. The Hall–Kier alpha value is -0.930. The van der Waals surface area contributed by atoms with E-state index in [1.165, 1.54) is 6.07 Å². The predicted molar refractivity (Wildman–Crippen MR) is 56.6 cm³/mol. The van der Waals surface area contributed by atoms with Crippen molar-refractivity contribution < 1.29 is 4.39 Å². The number of nitrogens with two attached hydrogens (primary N) is 1. The van der Waals surface area contributed by atoms with Crippen LogP contribution in [-0.2, 0) is 6.42 Å². The molecule has 0 aliphatic rings. The van der Waals surface area contributed by atoms with E-state index in [0.29, 0.717) is 12.6 Å².